The number of hydrogen-bond donors (Lipinski definition) is 1. The number of amides is 1. The molecular weight excluding hydrogens is 287 g/mol. The monoisotopic (exact) mass is 301 g/mol. The molecule has 114 valence electrons. The van der Waals surface area contributed by atoms with E-state index in [-0.39, 0.29) is 6.61 Å². The molecule has 0 heterocycles. The average Bonchev–Trinajstić information content (AvgIpc) is 2.43. The van der Waals surface area contributed by atoms with Crippen LogP contribution in [0.2, 0.25) is 0 Å². The van der Waals surface area contributed by atoms with Gasteiger partial charge in [-0.25, -0.2) is 4.79 Å². The van der Waals surface area contributed by atoms with Crippen LogP contribution < -0.4 is 5.32 Å². The van der Waals surface area contributed by atoms with Gasteiger partial charge in [-0.1, -0.05) is 36.4 Å². The Kier molecular flexibility index (Phi) is 5.95. The number of nitrogens with one attached hydrogen (secondary N) is 1. The molecule has 1 N–H and O–H groups in total. The van der Waals surface area contributed by atoms with Crippen LogP contribution in [0.1, 0.15) is 12.5 Å². The Bertz CT molecular complexity index is 512. The summed E-state index contributed by atoms with van der Waals surface area (Å²) in [6.45, 7) is 1.02. The quantitative estimate of drug-likeness (QED) is 0.849. The van der Waals surface area contributed by atoms with Gasteiger partial charge in [-0.2, -0.15) is 13.2 Å². The van der Waals surface area contributed by atoms with Crippen LogP contribution in [-0.2, 0) is 14.3 Å². The predicted molar refractivity (Wildman–Crippen MR) is 70.1 cm³/mol. The summed E-state index contributed by atoms with van der Waals surface area (Å²) in [4.78, 5) is 22.0. The summed E-state index contributed by atoms with van der Waals surface area (Å²) in [5.41, 5.74) is 0.895. The molecule has 0 saturated heterocycles. The lowest BCUT2D eigenvalue weighted by atomic mass is 10.2. The molecule has 0 bridgehead atoms. The number of benzene rings is 1. The molecule has 0 spiro atoms. The highest BCUT2D eigenvalue weighted by Crippen LogP contribution is 2.14. The third kappa shape index (κ3) is 6.11. The third-order valence-electron chi connectivity index (χ3n) is 2.39. The molecule has 0 aliphatic heterocycles. The SMILES string of the molecule is CC(NC(=O)C(F)(F)F)C(=O)OC/C=C/c1ccccc1. The van der Waals surface area contributed by atoms with Gasteiger partial charge in [0.25, 0.3) is 0 Å². The molecule has 0 radical (unpaired) electrons. The van der Waals surface area contributed by atoms with Gasteiger partial charge in [0.2, 0.25) is 0 Å². The molecule has 1 aromatic carbocycles. The Morgan fingerprint density at radius 2 is 1.90 bits per heavy atom. The number of alkyl halides is 3. The molecule has 7 heteroatoms. The van der Waals surface area contributed by atoms with Gasteiger partial charge >= 0.3 is 18.1 Å². The number of carbonyl (C=O) groups is 2. The van der Waals surface area contributed by atoms with Crippen LogP contribution >= 0.6 is 0 Å². The van der Waals surface area contributed by atoms with Crippen LogP contribution in [0.5, 0.6) is 0 Å². The van der Waals surface area contributed by atoms with E-state index in [1.54, 1.807) is 12.2 Å². The predicted octanol–water partition coefficient (Wildman–Crippen LogP) is 2.31. The molecule has 0 fully saturated rings. The highest BCUT2D eigenvalue weighted by molar-refractivity contribution is 5.87. The highest BCUT2D eigenvalue weighted by atomic mass is 19.4. The number of esters is 1. The minimum atomic E-state index is -5.03. The number of carbonyl (C=O) groups excluding carboxylic acids is 2. The molecule has 21 heavy (non-hydrogen) atoms. The van der Waals surface area contributed by atoms with Crippen molar-refractivity contribution in [3.63, 3.8) is 0 Å². The van der Waals surface area contributed by atoms with E-state index in [1.165, 1.54) is 5.32 Å². The number of halogens is 3. The minimum Gasteiger partial charge on any atom is -0.460 e. The van der Waals surface area contributed by atoms with E-state index in [0.717, 1.165) is 12.5 Å². The molecule has 1 aromatic rings. The van der Waals surface area contributed by atoms with Crippen molar-refractivity contribution < 1.29 is 27.5 Å². The highest BCUT2D eigenvalue weighted by Gasteiger charge is 2.40. The molecule has 1 rings (SSSR count). The molecule has 0 aliphatic rings. The lowest BCUT2D eigenvalue weighted by Crippen LogP contribution is -2.45. The molecule has 4 nitrogen and oxygen atoms in total. The van der Waals surface area contributed by atoms with Crippen LogP contribution in [0.3, 0.4) is 0 Å². The maximum atomic E-state index is 12.0. The van der Waals surface area contributed by atoms with Crippen molar-refractivity contribution in [2.75, 3.05) is 6.61 Å². The van der Waals surface area contributed by atoms with Crippen molar-refractivity contribution in [2.45, 2.75) is 19.1 Å². The lowest BCUT2D eigenvalue weighted by Gasteiger charge is -2.13. The Labute approximate surface area is 119 Å². The molecule has 0 aromatic heterocycles. The Balaban J connectivity index is 2.37. The average molecular weight is 301 g/mol. The standard InChI is InChI=1S/C14H14F3NO3/c1-10(18-13(20)14(15,16)17)12(19)21-9-5-8-11-6-3-2-4-7-11/h2-8,10H,9H2,1H3,(H,18,20)/b8-5+. The summed E-state index contributed by atoms with van der Waals surface area (Å²) < 4.78 is 40.7. The van der Waals surface area contributed by atoms with Crippen molar-refractivity contribution in [1.29, 1.82) is 0 Å². The fourth-order valence-corrected chi connectivity index (χ4v) is 1.34. The summed E-state index contributed by atoms with van der Waals surface area (Å²) in [6.07, 6.45) is -1.78. The second kappa shape index (κ2) is 7.47. The zero-order valence-electron chi connectivity index (χ0n) is 11.2. The van der Waals surface area contributed by atoms with Crippen molar-refractivity contribution >= 4 is 18.0 Å². The normalized spacial score (nSPS) is 13.0. The second-order valence-electron chi connectivity index (χ2n) is 4.14. The second-order valence-corrected chi connectivity index (χ2v) is 4.14. The molecule has 0 aliphatic carbocycles. The van der Waals surface area contributed by atoms with Gasteiger partial charge in [0, 0.05) is 0 Å². The van der Waals surface area contributed by atoms with Gasteiger partial charge in [0.05, 0.1) is 0 Å². The van der Waals surface area contributed by atoms with Gasteiger partial charge in [0.1, 0.15) is 12.6 Å². The van der Waals surface area contributed by atoms with Crippen molar-refractivity contribution in [3.8, 4) is 0 Å². The number of rotatable bonds is 5. The van der Waals surface area contributed by atoms with E-state index >= 15 is 0 Å². The van der Waals surface area contributed by atoms with Crippen molar-refractivity contribution in [3.05, 3.63) is 42.0 Å². The van der Waals surface area contributed by atoms with Crippen LogP contribution in [-0.4, -0.2) is 30.7 Å². The van der Waals surface area contributed by atoms with Gasteiger partial charge in [-0.15, -0.1) is 0 Å². The molecule has 1 atom stereocenters. The van der Waals surface area contributed by atoms with Crippen molar-refractivity contribution in [1.82, 2.24) is 5.32 Å². The van der Waals surface area contributed by atoms with E-state index < -0.39 is 24.1 Å². The van der Waals surface area contributed by atoms with Gasteiger partial charge in [-0.3, -0.25) is 4.79 Å². The van der Waals surface area contributed by atoms with Crippen LogP contribution in [0.15, 0.2) is 36.4 Å². The summed E-state index contributed by atoms with van der Waals surface area (Å²) in [7, 11) is 0. The molecular formula is C14H14F3NO3. The lowest BCUT2D eigenvalue weighted by molar-refractivity contribution is -0.175. The van der Waals surface area contributed by atoms with E-state index in [0.29, 0.717) is 0 Å². The Morgan fingerprint density at radius 1 is 1.29 bits per heavy atom. The van der Waals surface area contributed by atoms with Crippen LogP contribution in [0, 0.1) is 0 Å². The maximum absolute atomic E-state index is 12.0. The van der Waals surface area contributed by atoms with Crippen molar-refractivity contribution in [2.24, 2.45) is 0 Å². The first-order valence-corrected chi connectivity index (χ1v) is 6.06. The number of ether oxygens (including phenoxy) is 1. The van der Waals surface area contributed by atoms with E-state index in [9.17, 15) is 22.8 Å². The van der Waals surface area contributed by atoms with E-state index in [4.69, 9.17) is 4.74 Å². The van der Waals surface area contributed by atoms with E-state index in [2.05, 4.69) is 0 Å². The Hall–Kier alpha value is -2.31. The third-order valence-corrected chi connectivity index (χ3v) is 2.39. The summed E-state index contributed by atoms with van der Waals surface area (Å²) in [5, 5.41) is 1.52. The van der Waals surface area contributed by atoms with Gasteiger partial charge < -0.3 is 10.1 Å². The largest absolute Gasteiger partial charge is 0.471 e. The Morgan fingerprint density at radius 3 is 2.48 bits per heavy atom. The topological polar surface area (TPSA) is 55.4 Å². The zero-order chi connectivity index (χ0) is 15.9. The fourth-order valence-electron chi connectivity index (χ4n) is 1.34. The fraction of sp³-hybridized carbons (Fsp3) is 0.286. The summed E-state index contributed by atoms with van der Waals surface area (Å²) >= 11 is 0. The molecule has 0 saturated carbocycles. The minimum absolute atomic E-state index is 0.0973. The van der Waals surface area contributed by atoms with E-state index in [1.807, 2.05) is 30.3 Å². The first-order valence-electron chi connectivity index (χ1n) is 6.06. The van der Waals surface area contributed by atoms with Gasteiger partial charge in [-0.05, 0) is 18.6 Å². The smallest absolute Gasteiger partial charge is 0.460 e. The molecule has 1 unspecified atom stereocenters. The first kappa shape index (κ1) is 16.7. The van der Waals surface area contributed by atoms with Crippen LogP contribution in [0.25, 0.3) is 6.08 Å². The molecule has 1 amide bonds. The maximum Gasteiger partial charge on any atom is 0.471 e. The van der Waals surface area contributed by atoms with Gasteiger partial charge in [0.15, 0.2) is 0 Å². The summed E-state index contributed by atoms with van der Waals surface area (Å²) in [5.74, 6) is -3.11. The van der Waals surface area contributed by atoms with Crippen LogP contribution in [0.4, 0.5) is 13.2 Å². The summed E-state index contributed by atoms with van der Waals surface area (Å²) in [6, 6.07) is 7.82. The number of hydrogen-bond acceptors (Lipinski definition) is 3. The first-order chi connectivity index (χ1) is 9.80. The zero-order valence-corrected chi connectivity index (χ0v) is 11.2.